The molecule has 0 aliphatic rings. The number of benzene rings is 2. The molecule has 0 bridgehead atoms. The van der Waals surface area contributed by atoms with E-state index in [2.05, 4.69) is 25.9 Å². The number of aromatic amines is 1. The van der Waals surface area contributed by atoms with Crippen molar-refractivity contribution in [2.24, 2.45) is 0 Å². The molecule has 2 aromatic heterocycles. The van der Waals surface area contributed by atoms with Crippen molar-refractivity contribution in [1.29, 1.82) is 0 Å². The van der Waals surface area contributed by atoms with Gasteiger partial charge in [0.1, 0.15) is 5.75 Å². The van der Waals surface area contributed by atoms with E-state index in [-0.39, 0.29) is 16.1 Å². The van der Waals surface area contributed by atoms with Crippen LogP contribution in [0.2, 0.25) is 0 Å². The maximum atomic E-state index is 14.0. The Morgan fingerprint density at radius 1 is 1.16 bits per heavy atom. The van der Waals surface area contributed by atoms with Crippen molar-refractivity contribution in [3.8, 4) is 22.7 Å². The third-order valence-electron chi connectivity index (χ3n) is 4.71. The molecule has 0 aliphatic carbocycles. The highest BCUT2D eigenvalue weighted by molar-refractivity contribution is 9.10. The van der Waals surface area contributed by atoms with Crippen molar-refractivity contribution >= 4 is 39.2 Å². The van der Waals surface area contributed by atoms with Gasteiger partial charge in [-0.05, 0) is 49.5 Å². The Kier molecular flexibility index (Phi) is 5.91. The number of para-hydroxylation sites is 2. The van der Waals surface area contributed by atoms with Crippen LogP contribution in [0.4, 0.5) is 13.2 Å². The van der Waals surface area contributed by atoms with Crippen LogP contribution in [0.15, 0.2) is 63.9 Å². The summed E-state index contributed by atoms with van der Waals surface area (Å²) in [6, 6.07) is 14.3. The zero-order valence-corrected chi connectivity index (χ0v) is 18.9. The van der Waals surface area contributed by atoms with Gasteiger partial charge >= 0.3 is 6.18 Å². The molecule has 0 fully saturated rings. The monoisotopic (exact) mass is 521 g/mol. The van der Waals surface area contributed by atoms with Crippen LogP contribution < -0.4 is 10.3 Å². The highest BCUT2D eigenvalue weighted by atomic mass is 79.9. The van der Waals surface area contributed by atoms with E-state index in [0.29, 0.717) is 23.6 Å². The van der Waals surface area contributed by atoms with Gasteiger partial charge in [0.15, 0.2) is 10.4 Å². The molecule has 5 nitrogen and oxygen atoms in total. The van der Waals surface area contributed by atoms with E-state index >= 15 is 0 Å². The molecule has 1 N–H and O–H groups in total. The number of alkyl halides is 3. The van der Waals surface area contributed by atoms with Gasteiger partial charge in [-0.3, -0.25) is 14.3 Å². The highest BCUT2D eigenvalue weighted by Crippen LogP contribution is 2.37. The second kappa shape index (κ2) is 8.51. The Labute approximate surface area is 193 Å². The minimum atomic E-state index is -4.79. The molecule has 32 heavy (non-hydrogen) atoms. The fourth-order valence-corrected chi connectivity index (χ4v) is 3.91. The molecule has 0 atom stereocenters. The predicted molar refractivity (Wildman–Crippen MR) is 122 cm³/mol. The summed E-state index contributed by atoms with van der Waals surface area (Å²) in [6.45, 7) is 2.11. The lowest BCUT2D eigenvalue weighted by Gasteiger charge is -2.18. The van der Waals surface area contributed by atoms with Gasteiger partial charge < -0.3 is 4.74 Å². The fourth-order valence-electron chi connectivity index (χ4n) is 3.36. The Morgan fingerprint density at radius 3 is 2.50 bits per heavy atom. The number of pyridine rings is 1. The summed E-state index contributed by atoms with van der Waals surface area (Å²) in [5, 5.41) is -0.599. The summed E-state index contributed by atoms with van der Waals surface area (Å²) in [5.74, 6) is 0.392. The summed E-state index contributed by atoms with van der Waals surface area (Å²) in [4.78, 5) is 19.4. The molecule has 0 saturated carbocycles. The van der Waals surface area contributed by atoms with Gasteiger partial charge in [0.25, 0.3) is 5.56 Å². The average molecular weight is 522 g/mol. The zero-order chi connectivity index (χ0) is 23.0. The number of H-pyrrole nitrogens is 1. The van der Waals surface area contributed by atoms with Gasteiger partial charge in [-0.1, -0.05) is 40.2 Å². The van der Waals surface area contributed by atoms with E-state index in [0.717, 1.165) is 10.5 Å². The number of nitrogens with zero attached hydrogens (tertiary/aromatic N) is 2. The van der Waals surface area contributed by atoms with E-state index in [1.165, 1.54) is 4.57 Å². The molecule has 10 heteroatoms. The SMILES string of the molecule is CCOc1ccccc1-n1c(=S)[nH]c(=O)c2c(C(F)(F)F)cc(-c3ccc(Br)cc3)nc21. The summed E-state index contributed by atoms with van der Waals surface area (Å²) in [6.07, 6.45) is -4.79. The molecular formula is C22H15BrF3N3O2S. The number of fused-ring (bicyclic) bond motifs is 1. The van der Waals surface area contributed by atoms with Crippen LogP contribution in [-0.2, 0) is 6.18 Å². The number of rotatable bonds is 4. The largest absolute Gasteiger partial charge is 0.492 e. The van der Waals surface area contributed by atoms with Crippen molar-refractivity contribution in [3.05, 3.63) is 79.8 Å². The molecule has 0 aliphatic heterocycles. The van der Waals surface area contributed by atoms with Gasteiger partial charge in [-0.2, -0.15) is 13.2 Å². The van der Waals surface area contributed by atoms with Crippen molar-refractivity contribution in [2.45, 2.75) is 13.1 Å². The lowest BCUT2D eigenvalue weighted by atomic mass is 10.1. The standard InChI is InChI=1S/C22H15BrF3N3O2S/c1-2-31-17-6-4-3-5-16(17)29-19-18(20(30)28-21(29)32)14(22(24,25)26)11-15(27-19)12-7-9-13(23)10-8-12/h3-11H,2H2,1H3,(H,28,30,32). The summed E-state index contributed by atoms with van der Waals surface area (Å²) in [7, 11) is 0. The highest BCUT2D eigenvalue weighted by Gasteiger charge is 2.35. The van der Waals surface area contributed by atoms with Gasteiger partial charge in [-0.15, -0.1) is 0 Å². The molecule has 0 radical (unpaired) electrons. The summed E-state index contributed by atoms with van der Waals surface area (Å²) < 4.78 is 49.7. The number of ether oxygens (including phenoxy) is 1. The predicted octanol–water partition coefficient (Wildman–Crippen LogP) is 6.29. The number of hydrogen-bond acceptors (Lipinski definition) is 4. The van der Waals surface area contributed by atoms with Crippen molar-refractivity contribution in [2.75, 3.05) is 6.61 Å². The van der Waals surface area contributed by atoms with E-state index < -0.39 is 22.7 Å². The molecule has 2 heterocycles. The first-order chi connectivity index (χ1) is 15.2. The maximum Gasteiger partial charge on any atom is 0.417 e. The minimum absolute atomic E-state index is 0.0555. The molecule has 0 unspecified atom stereocenters. The maximum absolute atomic E-state index is 14.0. The molecule has 0 saturated heterocycles. The Hall–Kier alpha value is -2.98. The summed E-state index contributed by atoms with van der Waals surface area (Å²) in [5.41, 5.74) is -1.39. The topological polar surface area (TPSA) is 59.9 Å². The number of nitrogens with one attached hydrogen (secondary N) is 1. The van der Waals surface area contributed by atoms with Crippen LogP contribution in [0.3, 0.4) is 0 Å². The van der Waals surface area contributed by atoms with Gasteiger partial charge in [-0.25, -0.2) is 4.98 Å². The van der Waals surface area contributed by atoms with Gasteiger partial charge in [0, 0.05) is 10.0 Å². The first-order valence-electron chi connectivity index (χ1n) is 9.46. The molecule has 2 aromatic carbocycles. The van der Waals surface area contributed by atoms with Crippen molar-refractivity contribution in [3.63, 3.8) is 0 Å². The average Bonchev–Trinajstić information content (AvgIpc) is 2.74. The first-order valence-corrected chi connectivity index (χ1v) is 10.7. The Bertz CT molecular complexity index is 1430. The van der Waals surface area contributed by atoms with Crippen LogP contribution in [0.1, 0.15) is 12.5 Å². The zero-order valence-electron chi connectivity index (χ0n) is 16.5. The number of halogens is 4. The number of aromatic nitrogens is 3. The number of hydrogen-bond donors (Lipinski definition) is 1. The minimum Gasteiger partial charge on any atom is -0.492 e. The van der Waals surface area contributed by atoms with Crippen LogP contribution in [-0.4, -0.2) is 21.1 Å². The third-order valence-corrected chi connectivity index (χ3v) is 5.53. The molecule has 0 amide bonds. The normalized spacial score (nSPS) is 11.7. The second-order valence-electron chi connectivity index (χ2n) is 6.75. The van der Waals surface area contributed by atoms with Crippen LogP contribution >= 0.6 is 28.1 Å². The lowest BCUT2D eigenvalue weighted by molar-refractivity contribution is -0.136. The molecule has 164 valence electrons. The summed E-state index contributed by atoms with van der Waals surface area (Å²) >= 11 is 8.64. The fraction of sp³-hybridized carbons (Fsp3) is 0.136. The third kappa shape index (κ3) is 4.07. The van der Waals surface area contributed by atoms with E-state index in [1.54, 1.807) is 55.5 Å². The van der Waals surface area contributed by atoms with Crippen LogP contribution in [0.5, 0.6) is 5.75 Å². The molecule has 4 aromatic rings. The molecular weight excluding hydrogens is 507 g/mol. The molecule has 0 spiro atoms. The first kappa shape index (κ1) is 22.2. The smallest absolute Gasteiger partial charge is 0.417 e. The lowest BCUT2D eigenvalue weighted by Crippen LogP contribution is -2.20. The second-order valence-corrected chi connectivity index (χ2v) is 8.06. The van der Waals surface area contributed by atoms with Crippen LogP contribution in [0.25, 0.3) is 28.0 Å². The van der Waals surface area contributed by atoms with Crippen molar-refractivity contribution in [1.82, 2.24) is 14.5 Å². The van der Waals surface area contributed by atoms with Gasteiger partial charge in [0.05, 0.1) is 28.9 Å². The molecule has 4 rings (SSSR count). The Morgan fingerprint density at radius 2 is 1.84 bits per heavy atom. The van der Waals surface area contributed by atoms with Crippen LogP contribution in [0, 0.1) is 4.77 Å². The van der Waals surface area contributed by atoms with E-state index in [1.807, 2.05) is 0 Å². The van der Waals surface area contributed by atoms with E-state index in [9.17, 15) is 18.0 Å². The van der Waals surface area contributed by atoms with Crippen molar-refractivity contribution < 1.29 is 17.9 Å². The quantitative estimate of drug-likeness (QED) is 0.320. The van der Waals surface area contributed by atoms with E-state index in [4.69, 9.17) is 17.0 Å². The Balaban J connectivity index is 2.17. The van der Waals surface area contributed by atoms with Gasteiger partial charge in [0.2, 0.25) is 0 Å².